The van der Waals surface area contributed by atoms with Crippen molar-refractivity contribution in [3.8, 4) is 0 Å². The molecule has 0 spiro atoms. The molecule has 4 rings (SSSR count). The molecule has 1 aromatic carbocycles. The van der Waals surface area contributed by atoms with E-state index in [1.54, 1.807) is 7.05 Å². The van der Waals surface area contributed by atoms with Crippen LogP contribution in [-0.2, 0) is 17.1 Å². The van der Waals surface area contributed by atoms with Gasteiger partial charge in [0.1, 0.15) is 0 Å². The Morgan fingerprint density at radius 1 is 1.23 bits per heavy atom. The number of sulfonamides is 1. The first-order chi connectivity index (χ1) is 14.3. The molecule has 2 heterocycles. The SMILES string of the molecule is Cc1ccc(Cl)cc1N1CCN(S(=O)(=O)c2nn(C)cc2C(=O)NCC2CC2)CC1. The van der Waals surface area contributed by atoms with Crippen molar-refractivity contribution in [1.82, 2.24) is 19.4 Å². The second-order valence-corrected chi connectivity index (χ2v) is 10.3. The predicted molar refractivity (Wildman–Crippen MR) is 115 cm³/mol. The summed E-state index contributed by atoms with van der Waals surface area (Å²) in [7, 11) is -2.25. The molecule has 2 aromatic rings. The molecule has 1 aromatic heterocycles. The van der Waals surface area contributed by atoms with Crippen LogP contribution in [0.4, 0.5) is 5.69 Å². The number of piperazine rings is 1. The van der Waals surface area contributed by atoms with E-state index in [-0.39, 0.29) is 16.5 Å². The van der Waals surface area contributed by atoms with Crippen LogP contribution in [-0.4, -0.2) is 61.1 Å². The quantitative estimate of drug-likeness (QED) is 0.726. The molecule has 1 saturated carbocycles. The van der Waals surface area contributed by atoms with Gasteiger partial charge in [-0.1, -0.05) is 17.7 Å². The Kier molecular flexibility index (Phi) is 5.78. The minimum absolute atomic E-state index is 0.103. The van der Waals surface area contributed by atoms with E-state index in [9.17, 15) is 13.2 Å². The number of rotatable bonds is 6. The fourth-order valence-electron chi connectivity index (χ4n) is 3.68. The summed E-state index contributed by atoms with van der Waals surface area (Å²) in [5.74, 6) is 0.121. The summed E-state index contributed by atoms with van der Waals surface area (Å²) in [4.78, 5) is 14.7. The number of nitrogens with one attached hydrogen (secondary N) is 1. The van der Waals surface area contributed by atoms with Crippen molar-refractivity contribution in [1.29, 1.82) is 0 Å². The molecule has 2 aliphatic rings. The molecular formula is C20H26ClN5O3S. The normalized spacial score (nSPS) is 17.9. The number of anilines is 1. The molecule has 10 heteroatoms. The maximum Gasteiger partial charge on any atom is 0.263 e. The molecule has 0 radical (unpaired) electrons. The fraction of sp³-hybridized carbons (Fsp3) is 0.500. The lowest BCUT2D eigenvalue weighted by Crippen LogP contribution is -2.49. The van der Waals surface area contributed by atoms with E-state index in [1.807, 2.05) is 25.1 Å². The van der Waals surface area contributed by atoms with Crippen LogP contribution in [0.2, 0.25) is 5.02 Å². The first kappa shape index (κ1) is 21.1. The summed E-state index contributed by atoms with van der Waals surface area (Å²) in [5.41, 5.74) is 2.21. The van der Waals surface area contributed by atoms with Crippen LogP contribution in [0.5, 0.6) is 0 Å². The largest absolute Gasteiger partial charge is 0.369 e. The number of hydrogen-bond donors (Lipinski definition) is 1. The van der Waals surface area contributed by atoms with Crippen molar-refractivity contribution in [3.63, 3.8) is 0 Å². The Hall–Kier alpha value is -2.10. The third-order valence-electron chi connectivity index (χ3n) is 5.62. The van der Waals surface area contributed by atoms with Gasteiger partial charge in [-0.05, 0) is 43.4 Å². The van der Waals surface area contributed by atoms with Gasteiger partial charge in [0.25, 0.3) is 15.9 Å². The van der Waals surface area contributed by atoms with Crippen LogP contribution in [0.3, 0.4) is 0 Å². The first-order valence-electron chi connectivity index (χ1n) is 10.1. The summed E-state index contributed by atoms with van der Waals surface area (Å²) in [6, 6.07) is 5.71. The van der Waals surface area contributed by atoms with Gasteiger partial charge in [-0.15, -0.1) is 0 Å². The van der Waals surface area contributed by atoms with E-state index in [0.29, 0.717) is 43.7 Å². The predicted octanol–water partition coefficient (Wildman–Crippen LogP) is 2.03. The van der Waals surface area contributed by atoms with E-state index in [1.165, 1.54) is 15.2 Å². The molecule has 1 amide bonds. The van der Waals surface area contributed by atoms with Crippen LogP contribution in [0.1, 0.15) is 28.8 Å². The number of benzene rings is 1. The highest BCUT2D eigenvalue weighted by atomic mass is 35.5. The number of halogens is 1. The second kappa shape index (κ2) is 8.20. The first-order valence-corrected chi connectivity index (χ1v) is 11.9. The summed E-state index contributed by atoms with van der Waals surface area (Å²) in [6.07, 6.45) is 3.68. The Bertz CT molecular complexity index is 1060. The Morgan fingerprint density at radius 3 is 2.60 bits per heavy atom. The van der Waals surface area contributed by atoms with E-state index >= 15 is 0 Å². The second-order valence-electron chi connectivity index (χ2n) is 8.00. The minimum Gasteiger partial charge on any atom is -0.369 e. The van der Waals surface area contributed by atoms with E-state index < -0.39 is 10.0 Å². The molecule has 1 N–H and O–H groups in total. The molecule has 0 atom stereocenters. The number of aryl methyl sites for hydroxylation is 2. The van der Waals surface area contributed by atoms with Crippen LogP contribution in [0, 0.1) is 12.8 Å². The minimum atomic E-state index is -3.88. The lowest BCUT2D eigenvalue weighted by atomic mass is 10.1. The van der Waals surface area contributed by atoms with Crippen molar-refractivity contribution < 1.29 is 13.2 Å². The molecule has 8 nitrogen and oxygen atoms in total. The Balaban J connectivity index is 1.49. The summed E-state index contributed by atoms with van der Waals surface area (Å²) in [5, 5.41) is 7.43. The van der Waals surface area contributed by atoms with Crippen molar-refractivity contribution in [3.05, 3.63) is 40.5 Å². The maximum absolute atomic E-state index is 13.3. The molecule has 1 aliphatic heterocycles. The number of carbonyl (C=O) groups is 1. The molecule has 1 aliphatic carbocycles. The molecule has 1 saturated heterocycles. The summed E-state index contributed by atoms with van der Waals surface area (Å²) in [6.45, 7) is 4.29. The maximum atomic E-state index is 13.3. The van der Waals surface area contributed by atoms with Crippen molar-refractivity contribution in [2.45, 2.75) is 24.8 Å². The number of carbonyl (C=O) groups excluding carboxylic acids is 1. The van der Waals surface area contributed by atoms with Gasteiger partial charge in [0.05, 0.1) is 5.56 Å². The average Bonchev–Trinajstić information content (AvgIpc) is 3.47. The molecular weight excluding hydrogens is 426 g/mol. The van der Waals surface area contributed by atoms with Gasteiger partial charge < -0.3 is 10.2 Å². The third-order valence-corrected chi connectivity index (χ3v) is 7.69. The lowest BCUT2D eigenvalue weighted by molar-refractivity contribution is 0.0948. The van der Waals surface area contributed by atoms with Crippen LogP contribution < -0.4 is 10.2 Å². The molecule has 30 heavy (non-hydrogen) atoms. The molecule has 0 unspecified atom stereocenters. The zero-order valence-electron chi connectivity index (χ0n) is 17.1. The number of hydrogen-bond acceptors (Lipinski definition) is 5. The van der Waals surface area contributed by atoms with Gasteiger partial charge in [-0.3, -0.25) is 9.48 Å². The number of amides is 1. The van der Waals surface area contributed by atoms with Gasteiger partial charge in [0, 0.05) is 56.7 Å². The van der Waals surface area contributed by atoms with E-state index in [4.69, 9.17) is 11.6 Å². The van der Waals surface area contributed by atoms with Crippen molar-refractivity contribution in [2.24, 2.45) is 13.0 Å². The lowest BCUT2D eigenvalue weighted by Gasteiger charge is -2.35. The zero-order chi connectivity index (χ0) is 21.5. The van der Waals surface area contributed by atoms with Crippen LogP contribution in [0.25, 0.3) is 0 Å². The number of aromatic nitrogens is 2. The highest BCUT2D eigenvalue weighted by Crippen LogP contribution is 2.29. The summed E-state index contributed by atoms with van der Waals surface area (Å²) >= 11 is 6.13. The fourth-order valence-corrected chi connectivity index (χ4v) is 5.39. The van der Waals surface area contributed by atoms with Gasteiger partial charge in [0.2, 0.25) is 5.03 Å². The van der Waals surface area contributed by atoms with Gasteiger partial charge in [-0.2, -0.15) is 9.40 Å². The standard InChI is InChI=1S/C20H26ClN5O3S/c1-14-3-6-16(21)11-18(14)25-7-9-26(10-8-25)30(28,29)20-17(13-24(2)23-20)19(27)22-12-15-4-5-15/h3,6,11,13,15H,4-5,7-10,12H2,1-2H3,(H,22,27). The van der Waals surface area contributed by atoms with E-state index in [2.05, 4.69) is 15.3 Å². The topological polar surface area (TPSA) is 87.5 Å². The molecule has 0 bridgehead atoms. The molecule has 162 valence electrons. The van der Waals surface area contributed by atoms with Crippen molar-refractivity contribution >= 4 is 33.2 Å². The van der Waals surface area contributed by atoms with Crippen LogP contribution in [0.15, 0.2) is 29.4 Å². The Morgan fingerprint density at radius 2 is 1.93 bits per heavy atom. The highest BCUT2D eigenvalue weighted by Gasteiger charge is 2.35. The monoisotopic (exact) mass is 451 g/mol. The number of nitrogens with zero attached hydrogens (tertiary/aromatic N) is 4. The van der Waals surface area contributed by atoms with Crippen LogP contribution >= 0.6 is 11.6 Å². The van der Waals surface area contributed by atoms with E-state index in [0.717, 1.165) is 24.1 Å². The zero-order valence-corrected chi connectivity index (χ0v) is 18.7. The highest BCUT2D eigenvalue weighted by molar-refractivity contribution is 7.89. The van der Waals surface area contributed by atoms with Gasteiger partial charge in [0.15, 0.2) is 0 Å². The smallest absolute Gasteiger partial charge is 0.263 e. The van der Waals surface area contributed by atoms with Gasteiger partial charge >= 0.3 is 0 Å². The van der Waals surface area contributed by atoms with Crippen molar-refractivity contribution in [2.75, 3.05) is 37.6 Å². The summed E-state index contributed by atoms with van der Waals surface area (Å²) < 4.78 is 29.3. The molecule has 2 fully saturated rings. The van der Waals surface area contributed by atoms with Gasteiger partial charge in [-0.25, -0.2) is 8.42 Å². The third kappa shape index (κ3) is 4.33. The Labute approximate surface area is 181 Å². The average molecular weight is 452 g/mol.